The molecule has 1 aliphatic rings. The van der Waals surface area contributed by atoms with Crippen LogP contribution in [0.2, 0.25) is 0 Å². The van der Waals surface area contributed by atoms with Crippen molar-refractivity contribution in [1.82, 2.24) is 25.1 Å². The summed E-state index contributed by atoms with van der Waals surface area (Å²) in [6.45, 7) is 3.68. The lowest BCUT2D eigenvalue weighted by Crippen LogP contribution is -2.48. The van der Waals surface area contributed by atoms with Crippen molar-refractivity contribution in [3.8, 4) is 17.2 Å². The van der Waals surface area contributed by atoms with Crippen LogP contribution in [-0.2, 0) is 23.4 Å². The van der Waals surface area contributed by atoms with Crippen LogP contribution in [0.4, 0.5) is 27.9 Å². The second-order valence-corrected chi connectivity index (χ2v) is 15.4. The second-order valence-electron chi connectivity index (χ2n) is 12.9. The highest BCUT2D eigenvalue weighted by Crippen LogP contribution is 2.32. The quantitative estimate of drug-likeness (QED) is 0.134. The SMILES string of the molecule is CC(C)S(=O)(=O)c1ccccc1Nc1nc(N[C@H]2CC[C@H](N(C(=O)NCc3ccccc3)c3ccc(-c4cnn(C)c4)cc3)CC2)ncc1C#N. The zero-order chi connectivity index (χ0) is 36.0. The minimum atomic E-state index is -3.59. The number of nitriles is 1. The van der Waals surface area contributed by atoms with Crippen LogP contribution >= 0.6 is 0 Å². The molecule has 1 fully saturated rings. The Hall–Kier alpha value is -5.74. The van der Waals surface area contributed by atoms with Gasteiger partial charge in [-0.2, -0.15) is 15.3 Å². The van der Waals surface area contributed by atoms with Crippen LogP contribution in [0, 0.1) is 11.3 Å². The molecule has 1 aliphatic carbocycles. The average molecular weight is 704 g/mol. The van der Waals surface area contributed by atoms with Gasteiger partial charge in [0.15, 0.2) is 15.7 Å². The average Bonchev–Trinajstić information content (AvgIpc) is 3.58. The molecule has 0 saturated heterocycles. The molecule has 3 aromatic carbocycles. The predicted octanol–water partition coefficient (Wildman–Crippen LogP) is 6.81. The molecule has 2 aromatic heterocycles. The monoisotopic (exact) mass is 703 g/mol. The van der Waals surface area contributed by atoms with Gasteiger partial charge >= 0.3 is 6.03 Å². The van der Waals surface area contributed by atoms with Gasteiger partial charge in [-0.1, -0.05) is 54.6 Å². The highest BCUT2D eigenvalue weighted by Gasteiger charge is 2.31. The number of hydrogen-bond acceptors (Lipinski definition) is 9. The van der Waals surface area contributed by atoms with Crippen molar-refractivity contribution in [1.29, 1.82) is 5.26 Å². The number of sulfone groups is 1. The largest absolute Gasteiger partial charge is 0.351 e. The molecule has 3 N–H and O–H groups in total. The molecule has 0 spiro atoms. The van der Waals surface area contributed by atoms with Gasteiger partial charge in [-0.05, 0) is 74.9 Å². The van der Waals surface area contributed by atoms with E-state index in [4.69, 9.17) is 0 Å². The number of amides is 2. The van der Waals surface area contributed by atoms with Crippen LogP contribution in [-0.4, -0.2) is 51.5 Å². The van der Waals surface area contributed by atoms with Crippen molar-refractivity contribution >= 4 is 39.0 Å². The summed E-state index contributed by atoms with van der Waals surface area (Å²) in [4.78, 5) is 24.8. The number of para-hydroxylation sites is 1. The van der Waals surface area contributed by atoms with E-state index in [0.717, 1.165) is 48.1 Å². The van der Waals surface area contributed by atoms with Crippen molar-refractivity contribution in [2.24, 2.45) is 7.05 Å². The highest BCUT2D eigenvalue weighted by molar-refractivity contribution is 7.92. The summed E-state index contributed by atoms with van der Waals surface area (Å²) in [5, 5.41) is 23.0. The summed E-state index contributed by atoms with van der Waals surface area (Å²) in [5.41, 5.74) is 4.39. The Kier molecular flexibility index (Phi) is 10.6. The highest BCUT2D eigenvalue weighted by atomic mass is 32.2. The van der Waals surface area contributed by atoms with E-state index in [9.17, 15) is 18.5 Å². The van der Waals surface area contributed by atoms with Gasteiger partial charge in [-0.3, -0.25) is 9.58 Å². The third-order valence-corrected chi connectivity index (χ3v) is 11.3. The zero-order valence-electron chi connectivity index (χ0n) is 28.8. The van der Waals surface area contributed by atoms with Gasteiger partial charge < -0.3 is 16.0 Å². The summed E-state index contributed by atoms with van der Waals surface area (Å²) in [6, 6.07) is 26.4. The normalized spacial score (nSPS) is 15.9. The van der Waals surface area contributed by atoms with Crippen molar-refractivity contribution in [2.45, 2.75) is 68.3 Å². The molecule has 5 aromatic rings. The predicted molar refractivity (Wildman–Crippen MR) is 198 cm³/mol. The molecule has 12 nitrogen and oxygen atoms in total. The van der Waals surface area contributed by atoms with E-state index in [-0.39, 0.29) is 34.4 Å². The minimum Gasteiger partial charge on any atom is -0.351 e. The number of urea groups is 1. The minimum absolute atomic E-state index is 0.0258. The van der Waals surface area contributed by atoms with Gasteiger partial charge in [-0.15, -0.1) is 0 Å². The number of anilines is 4. The summed E-state index contributed by atoms with van der Waals surface area (Å²) in [7, 11) is -1.71. The van der Waals surface area contributed by atoms with Crippen molar-refractivity contribution in [2.75, 3.05) is 15.5 Å². The van der Waals surface area contributed by atoms with Crippen LogP contribution < -0.4 is 20.9 Å². The Balaban J connectivity index is 1.17. The number of carbonyl (C=O) groups excluding carboxylic acids is 1. The summed E-state index contributed by atoms with van der Waals surface area (Å²) in [6.07, 6.45) is 8.19. The molecule has 2 heterocycles. The maximum Gasteiger partial charge on any atom is 0.322 e. The molecule has 51 heavy (non-hydrogen) atoms. The zero-order valence-corrected chi connectivity index (χ0v) is 29.6. The Morgan fingerprint density at radius 2 is 1.67 bits per heavy atom. The first kappa shape index (κ1) is 35.1. The van der Waals surface area contributed by atoms with E-state index in [1.165, 1.54) is 6.20 Å². The fraction of sp³-hybridized carbons (Fsp3) is 0.289. The lowest BCUT2D eigenvalue weighted by atomic mass is 9.90. The fourth-order valence-corrected chi connectivity index (χ4v) is 7.43. The van der Waals surface area contributed by atoms with Gasteiger partial charge in [0.05, 0.1) is 28.2 Å². The molecule has 6 rings (SSSR count). The molecular formula is C38H41N9O3S. The number of aromatic nitrogens is 4. The summed E-state index contributed by atoms with van der Waals surface area (Å²) in [5.74, 6) is 0.540. The number of rotatable bonds is 11. The number of carbonyl (C=O) groups is 1. The maximum absolute atomic E-state index is 13.8. The van der Waals surface area contributed by atoms with Crippen LogP contribution in [0.3, 0.4) is 0 Å². The lowest BCUT2D eigenvalue weighted by Gasteiger charge is -2.37. The number of benzene rings is 3. The van der Waals surface area contributed by atoms with Crippen LogP contribution in [0.25, 0.3) is 11.1 Å². The van der Waals surface area contributed by atoms with Gasteiger partial charge in [-0.25, -0.2) is 18.2 Å². The molecule has 0 unspecified atom stereocenters. The van der Waals surface area contributed by atoms with E-state index >= 15 is 0 Å². The number of nitrogens with zero attached hydrogens (tertiary/aromatic N) is 6. The molecule has 262 valence electrons. The van der Waals surface area contributed by atoms with E-state index < -0.39 is 15.1 Å². The third kappa shape index (κ3) is 8.19. The van der Waals surface area contributed by atoms with Crippen molar-refractivity contribution in [3.63, 3.8) is 0 Å². The molecule has 0 bridgehead atoms. The van der Waals surface area contributed by atoms with Crippen LogP contribution in [0.5, 0.6) is 0 Å². The topological polar surface area (TPSA) is 158 Å². The molecule has 13 heteroatoms. The summed E-state index contributed by atoms with van der Waals surface area (Å²) < 4.78 is 27.8. The second kappa shape index (κ2) is 15.4. The number of nitrogens with one attached hydrogen (secondary N) is 3. The van der Waals surface area contributed by atoms with E-state index in [1.54, 1.807) is 42.8 Å². The smallest absolute Gasteiger partial charge is 0.322 e. The first-order valence-electron chi connectivity index (χ1n) is 17.0. The van der Waals surface area contributed by atoms with Crippen LogP contribution in [0.15, 0.2) is 102 Å². The molecule has 1 saturated carbocycles. The van der Waals surface area contributed by atoms with E-state index in [1.807, 2.05) is 78.9 Å². The lowest BCUT2D eigenvalue weighted by molar-refractivity contribution is 0.240. The summed E-state index contributed by atoms with van der Waals surface area (Å²) >= 11 is 0. The van der Waals surface area contributed by atoms with Crippen molar-refractivity contribution < 1.29 is 13.2 Å². The van der Waals surface area contributed by atoms with Gasteiger partial charge in [0, 0.05) is 43.1 Å². The fourth-order valence-electron chi connectivity index (χ4n) is 6.23. The van der Waals surface area contributed by atoms with Gasteiger partial charge in [0.25, 0.3) is 0 Å². The Morgan fingerprint density at radius 3 is 2.33 bits per heavy atom. The van der Waals surface area contributed by atoms with E-state index in [2.05, 4.69) is 37.1 Å². The molecular weight excluding hydrogens is 663 g/mol. The number of aryl methyl sites for hydroxylation is 1. The molecule has 0 radical (unpaired) electrons. The van der Waals surface area contributed by atoms with E-state index in [0.29, 0.717) is 18.2 Å². The maximum atomic E-state index is 13.8. The molecule has 0 atom stereocenters. The first-order valence-corrected chi connectivity index (χ1v) is 18.5. The molecule has 2 amide bonds. The Labute approximate surface area is 298 Å². The van der Waals surface area contributed by atoms with Gasteiger partial charge in [0.1, 0.15) is 11.6 Å². The Bertz CT molecular complexity index is 2120. The Morgan fingerprint density at radius 1 is 0.961 bits per heavy atom. The number of hydrogen-bond donors (Lipinski definition) is 3. The van der Waals surface area contributed by atoms with Crippen LogP contribution in [0.1, 0.15) is 50.7 Å². The standard InChI is InChI=1S/C38H41N9O3S/c1-26(2)51(49,50)35-12-8-7-11-34(35)44-36-29(21-39)23-40-37(45-36)43-31-15-19-33(20-16-31)47(38(48)41-22-27-9-5-4-6-10-27)32-17-13-28(14-18-32)30-24-42-46(3)25-30/h4-14,17-18,23-26,31,33H,15-16,19-20,22H2,1-3H3,(H,41,48)(H2,40,43,44,45)/t31-,33-. The van der Waals surface area contributed by atoms with Crippen molar-refractivity contribution in [3.05, 3.63) is 109 Å². The third-order valence-electron chi connectivity index (χ3n) is 9.06. The first-order chi connectivity index (χ1) is 24.6. The van der Waals surface area contributed by atoms with Gasteiger partial charge in [0.2, 0.25) is 5.95 Å². The molecule has 0 aliphatic heterocycles.